The van der Waals surface area contributed by atoms with E-state index in [1.807, 2.05) is 0 Å². The molecule has 0 heterocycles. The van der Waals surface area contributed by atoms with E-state index >= 15 is 0 Å². The van der Waals surface area contributed by atoms with Crippen LogP contribution in [0.2, 0.25) is 25.7 Å². The maximum Gasteiger partial charge on any atom is 0.0480 e. The summed E-state index contributed by atoms with van der Waals surface area (Å²) >= 11 is 0. The van der Waals surface area contributed by atoms with Crippen LogP contribution in [0.5, 0.6) is 0 Å². The molecule has 84 valence electrons. The van der Waals surface area contributed by atoms with Crippen molar-refractivity contribution in [3.05, 3.63) is 12.2 Å². The third-order valence-corrected chi connectivity index (χ3v) is 3.83. The van der Waals surface area contributed by atoms with Gasteiger partial charge in [-0.3, -0.25) is 0 Å². The molecule has 1 heteroatoms. The molecule has 0 aliphatic rings. The minimum absolute atomic E-state index is 0.825. The topological polar surface area (TPSA) is 0 Å². The van der Waals surface area contributed by atoms with E-state index in [4.69, 9.17) is 0 Å². The maximum atomic E-state index is 2.43. The normalized spacial score (nSPS) is 12.6. The van der Waals surface area contributed by atoms with E-state index in [1.54, 1.807) is 0 Å². The third-order valence-electron chi connectivity index (χ3n) is 2.37. The fourth-order valence-corrected chi connectivity index (χ4v) is 2.29. The lowest BCUT2D eigenvalue weighted by Crippen LogP contribution is -2.17. The molecule has 0 aliphatic carbocycles. The summed E-state index contributed by atoms with van der Waals surface area (Å²) < 4.78 is 0. The second kappa shape index (κ2) is 8.28. The maximum absolute atomic E-state index is 2.43. The van der Waals surface area contributed by atoms with Crippen LogP contribution in [0.1, 0.15) is 45.4 Å². The molecule has 0 rings (SSSR count). The Morgan fingerprint density at radius 2 is 1.50 bits per heavy atom. The fourth-order valence-electron chi connectivity index (χ4n) is 1.42. The van der Waals surface area contributed by atoms with Gasteiger partial charge in [-0.2, -0.15) is 0 Å². The van der Waals surface area contributed by atoms with Gasteiger partial charge in [0.25, 0.3) is 0 Å². The molecule has 0 fully saturated rings. The van der Waals surface area contributed by atoms with Crippen molar-refractivity contribution in [2.45, 2.75) is 71.1 Å². The zero-order valence-corrected chi connectivity index (χ0v) is 11.6. The molecule has 0 aromatic heterocycles. The van der Waals surface area contributed by atoms with E-state index in [2.05, 4.69) is 38.7 Å². The standard InChI is InChI=1S/C13H28Si/c1-5-6-7-8-9-10-11-12-13-14(2,3)4/h11-12H,5-10,13H2,1-4H3/b12-11-. The Morgan fingerprint density at radius 3 is 2.07 bits per heavy atom. The highest BCUT2D eigenvalue weighted by molar-refractivity contribution is 6.76. The van der Waals surface area contributed by atoms with Gasteiger partial charge in [0.15, 0.2) is 0 Å². The van der Waals surface area contributed by atoms with Gasteiger partial charge in [0.05, 0.1) is 0 Å². The minimum atomic E-state index is -0.825. The van der Waals surface area contributed by atoms with Crippen molar-refractivity contribution in [2.24, 2.45) is 0 Å². The molecule has 0 bridgehead atoms. The lowest BCUT2D eigenvalue weighted by atomic mass is 10.1. The summed E-state index contributed by atoms with van der Waals surface area (Å²) in [5.74, 6) is 0. The molecule has 0 nitrogen and oxygen atoms in total. The summed E-state index contributed by atoms with van der Waals surface area (Å²) in [7, 11) is -0.825. The van der Waals surface area contributed by atoms with Crippen molar-refractivity contribution in [1.82, 2.24) is 0 Å². The average Bonchev–Trinajstić information content (AvgIpc) is 2.08. The number of hydrogen-bond acceptors (Lipinski definition) is 0. The summed E-state index contributed by atoms with van der Waals surface area (Å²) in [6.07, 6.45) is 13.1. The van der Waals surface area contributed by atoms with Gasteiger partial charge in [-0.25, -0.2) is 0 Å². The first-order chi connectivity index (χ1) is 6.56. The average molecular weight is 212 g/mol. The van der Waals surface area contributed by atoms with Crippen molar-refractivity contribution < 1.29 is 0 Å². The highest BCUT2D eigenvalue weighted by atomic mass is 28.3. The molecular weight excluding hydrogens is 184 g/mol. The van der Waals surface area contributed by atoms with Crippen LogP contribution in [0, 0.1) is 0 Å². The van der Waals surface area contributed by atoms with Crippen molar-refractivity contribution in [3.8, 4) is 0 Å². The van der Waals surface area contributed by atoms with Crippen LogP contribution in [0.4, 0.5) is 0 Å². The van der Waals surface area contributed by atoms with Crippen LogP contribution in [0.3, 0.4) is 0 Å². The number of allylic oxidation sites excluding steroid dienone is 2. The lowest BCUT2D eigenvalue weighted by Gasteiger charge is -2.11. The third kappa shape index (κ3) is 12.0. The summed E-state index contributed by atoms with van der Waals surface area (Å²) in [5.41, 5.74) is 0. The van der Waals surface area contributed by atoms with Gasteiger partial charge >= 0.3 is 0 Å². The van der Waals surface area contributed by atoms with E-state index < -0.39 is 8.07 Å². The molecule has 14 heavy (non-hydrogen) atoms. The zero-order valence-electron chi connectivity index (χ0n) is 10.6. The molecule has 0 spiro atoms. The first-order valence-electron chi connectivity index (χ1n) is 6.21. The Hall–Kier alpha value is -0.0431. The molecule has 0 aromatic carbocycles. The van der Waals surface area contributed by atoms with Gasteiger partial charge in [-0.1, -0.05) is 64.4 Å². The smallest absolute Gasteiger partial charge is 0.0480 e. The van der Waals surface area contributed by atoms with Crippen LogP contribution in [-0.2, 0) is 0 Å². The van der Waals surface area contributed by atoms with Crippen LogP contribution in [0.25, 0.3) is 0 Å². The fraction of sp³-hybridized carbons (Fsp3) is 0.846. The largest absolute Gasteiger partial charge is 0.0912 e. The van der Waals surface area contributed by atoms with Crippen molar-refractivity contribution >= 4 is 8.07 Å². The molecule has 0 unspecified atom stereocenters. The van der Waals surface area contributed by atoms with Crippen LogP contribution in [-0.4, -0.2) is 8.07 Å². The van der Waals surface area contributed by atoms with Crippen LogP contribution < -0.4 is 0 Å². The Labute approximate surface area is 91.8 Å². The zero-order chi connectivity index (χ0) is 10.9. The summed E-state index contributed by atoms with van der Waals surface area (Å²) in [4.78, 5) is 0. The first kappa shape index (κ1) is 14.0. The molecule has 0 N–H and O–H groups in total. The molecule has 0 amide bonds. The predicted molar refractivity (Wildman–Crippen MR) is 70.7 cm³/mol. The quantitative estimate of drug-likeness (QED) is 0.293. The van der Waals surface area contributed by atoms with Gasteiger partial charge < -0.3 is 0 Å². The van der Waals surface area contributed by atoms with Crippen molar-refractivity contribution in [2.75, 3.05) is 0 Å². The second-order valence-electron chi connectivity index (χ2n) is 5.44. The SMILES string of the molecule is CCCCCCC/C=C\C[Si](C)(C)C. The highest BCUT2D eigenvalue weighted by Crippen LogP contribution is 2.10. The molecular formula is C13H28Si. The van der Waals surface area contributed by atoms with E-state index in [1.165, 1.54) is 44.6 Å². The Morgan fingerprint density at radius 1 is 0.857 bits per heavy atom. The van der Waals surface area contributed by atoms with Gasteiger partial charge in [-0.05, 0) is 18.9 Å². The van der Waals surface area contributed by atoms with Crippen LogP contribution in [0.15, 0.2) is 12.2 Å². The molecule has 0 aromatic rings. The summed E-state index contributed by atoms with van der Waals surface area (Å²) in [5, 5.41) is 0. The molecule has 0 aliphatic heterocycles. The number of hydrogen-bond donors (Lipinski definition) is 0. The van der Waals surface area contributed by atoms with E-state index in [0.717, 1.165) is 0 Å². The van der Waals surface area contributed by atoms with E-state index in [-0.39, 0.29) is 0 Å². The predicted octanol–water partition coefficient (Wildman–Crippen LogP) is 5.24. The van der Waals surface area contributed by atoms with Crippen molar-refractivity contribution in [3.63, 3.8) is 0 Å². The first-order valence-corrected chi connectivity index (χ1v) is 9.92. The van der Waals surface area contributed by atoms with E-state index in [9.17, 15) is 0 Å². The van der Waals surface area contributed by atoms with Gasteiger partial charge in [0.1, 0.15) is 0 Å². The van der Waals surface area contributed by atoms with Crippen LogP contribution >= 0.6 is 0 Å². The lowest BCUT2D eigenvalue weighted by molar-refractivity contribution is 0.637. The second-order valence-corrected chi connectivity index (χ2v) is 11.0. The van der Waals surface area contributed by atoms with Gasteiger partial charge in [0.2, 0.25) is 0 Å². The molecule has 0 atom stereocenters. The van der Waals surface area contributed by atoms with Crippen molar-refractivity contribution in [1.29, 1.82) is 0 Å². The molecule has 0 saturated heterocycles. The monoisotopic (exact) mass is 212 g/mol. The highest BCUT2D eigenvalue weighted by Gasteiger charge is 2.08. The molecule has 0 saturated carbocycles. The number of unbranched alkanes of at least 4 members (excludes halogenated alkanes) is 5. The van der Waals surface area contributed by atoms with Gasteiger partial charge in [0, 0.05) is 8.07 Å². The Balaban J connectivity index is 3.19. The molecule has 0 radical (unpaired) electrons. The number of rotatable bonds is 8. The Kier molecular flexibility index (Phi) is 8.25. The van der Waals surface area contributed by atoms with E-state index in [0.29, 0.717) is 0 Å². The minimum Gasteiger partial charge on any atom is -0.0912 e. The van der Waals surface area contributed by atoms with Gasteiger partial charge in [-0.15, -0.1) is 0 Å². The summed E-state index contributed by atoms with van der Waals surface area (Å²) in [6, 6.07) is 1.35. The Bertz CT molecular complexity index is 142. The summed E-state index contributed by atoms with van der Waals surface area (Å²) in [6.45, 7) is 9.56.